The lowest BCUT2D eigenvalue weighted by Crippen LogP contribution is -2.45. The average Bonchev–Trinajstić information content (AvgIpc) is 2.41. The summed E-state index contributed by atoms with van der Waals surface area (Å²) in [6, 6.07) is 4.60. The summed E-state index contributed by atoms with van der Waals surface area (Å²) < 4.78 is 2.06. The van der Waals surface area contributed by atoms with Crippen molar-refractivity contribution in [3.8, 4) is 0 Å². The number of nitrogens with one attached hydrogen (secondary N) is 1. The molecule has 3 nitrogen and oxygen atoms in total. The van der Waals surface area contributed by atoms with Crippen molar-refractivity contribution in [1.29, 1.82) is 0 Å². The SMILES string of the molecule is CCC[C@@H](c1cc(Br)cc(Br)c1N)N1CCNCC1. The highest BCUT2D eigenvalue weighted by molar-refractivity contribution is 9.11. The van der Waals surface area contributed by atoms with Crippen LogP contribution in [0.1, 0.15) is 31.4 Å². The Morgan fingerprint density at radius 3 is 2.63 bits per heavy atom. The van der Waals surface area contributed by atoms with Crippen LogP contribution in [0.2, 0.25) is 0 Å². The van der Waals surface area contributed by atoms with Gasteiger partial charge in [-0.15, -0.1) is 0 Å². The Hall–Kier alpha value is -0.100. The Morgan fingerprint density at radius 1 is 1.32 bits per heavy atom. The van der Waals surface area contributed by atoms with Crippen molar-refractivity contribution in [3.05, 3.63) is 26.6 Å². The summed E-state index contributed by atoms with van der Waals surface area (Å²) in [7, 11) is 0. The van der Waals surface area contributed by atoms with E-state index >= 15 is 0 Å². The number of nitrogen functional groups attached to an aromatic ring is 1. The maximum Gasteiger partial charge on any atom is 0.0507 e. The molecular formula is C14H21Br2N3. The Kier molecular flexibility index (Phi) is 5.69. The van der Waals surface area contributed by atoms with Crippen LogP contribution >= 0.6 is 31.9 Å². The zero-order chi connectivity index (χ0) is 13.8. The molecule has 1 aromatic rings. The number of hydrogen-bond acceptors (Lipinski definition) is 3. The van der Waals surface area contributed by atoms with Crippen molar-refractivity contribution in [2.24, 2.45) is 0 Å². The summed E-state index contributed by atoms with van der Waals surface area (Å²) in [5, 5.41) is 3.41. The summed E-state index contributed by atoms with van der Waals surface area (Å²) in [4.78, 5) is 2.55. The molecule has 1 fully saturated rings. The minimum absolute atomic E-state index is 0.418. The van der Waals surface area contributed by atoms with Crippen LogP contribution in [-0.4, -0.2) is 31.1 Å². The maximum atomic E-state index is 6.28. The minimum atomic E-state index is 0.418. The third-order valence-corrected chi connectivity index (χ3v) is 4.75. The zero-order valence-corrected chi connectivity index (χ0v) is 14.4. The number of nitrogens with zero attached hydrogens (tertiary/aromatic N) is 1. The van der Waals surface area contributed by atoms with Gasteiger partial charge in [0, 0.05) is 41.2 Å². The van der Waals surface area contributed by atoms with Gasteiger partial charge in [-0.3, -0.25) is 4.90 Å². The Morgan fingerprint density at radius 2 is 2.00 bits per heavy atom. The molecule has 0 bridgehead atoms. The van der Waals surface area contributed by atoms with E-state index in [1.807, 2.05) is 6.07 Å². The maximum absolute atomic E-state index is 6.28. The minimum Gasteiger partial charge on any atom is -0.398 e. The van der Waals surface area contributed by atoms with Gasteiger partial charge in [-0.25, -0.2) is 0 Å². The molecule has 0 saturated carbocycles. The van der Waals surface area contributed by atoms with E-state index in [-0.39, 0.29) is 0 Å². The summed E-state index contributed by atoms with van der Waals surface area (Å²) in [6.07, 6.45) is 2.31. The number of nitrogens with two attached hydrogens (primary N) is 1. The number of benzene rings is 1. The molecule has 19 heavy (non-hydrogen) atoms. The molecule has 0 aliphatic carbocycles. The van der Waals surface area contributed by atoms with Gasteiger partial charge in [0.15, 0.2) is 0 Å². The van der Waals surface area contributed by atoms with Gasteiger partial charge in [-0.05, 0) is 40.0 Å². The molecule has 1 aliphatic heterocycles. The molecule has 2 rings (SSSR count). The molecule has 0 radical (unpaired) electrons. The van der Waals surface area contributed by atoms with Crippen LogP contribution < -0.4 is 11.1 Å². The first-order valence-corrected chi connectivity index (χ1v) is 8.41. The molecule has 1 saturated heterocycles. The van der Waals surface area contributed by atoms with Crippen LogP contribution in [0.3, 0.4) is 0 Å². The second-order valence-corrected chi connectivity index (χ2v) is 6.75. The van der Waals surface area contributed by atoms with Crippen molar-refractivity contribution in [2.45, 2.75) is 25.8 Å². The predicted octanol–water partition coefficient (Wildman–Crippen LogP) is 3.54. The molecule has 0 spiro atoms. The van der Waals surface area contributed by atoms with Gasteiger partial charge >= 0.3 is 0 Å². The second kappa shape index (κ2) is 7.07. The van der Waals surface area contributed by atoms with Crippen molar-refractivity contribution < 1.29 is 0 Å². The largest absolute Gasteiger partial charge is 0.398 e. The highest BCUT2D eigenvalue weighted by Crippen LogP contribution is 2.36. The van der Waals surface area contributed by atoms with Crippen LogP contribution in [0, 0.1) is 0 Å². The van der Waals surface area contributed by atoms with Gasteiger partial charge in [0.1, 0.15) is 0 Å². The first-order chi connectivity index (χ1) is 9.13. The molecule has 3 N–H and O–H groups in total. The third kappa shape index (κ3) is 3.72. The van der Waals surface area contributed by atoms with E-state index in [0.717, 1.165) is 53.7 Å². The highest BCUT2D eigenvalue weighted by atomic mass is 79.9. The van der Waals surface area contributed by atoms with Crippen LogP contribution in [0.5, 0.6) is 0 Å². The van der Waals surface area contributed by atoms with E-state index < -0.39 is 0 Å². The number of anilines is 1. The first kappa shape index (κ1) is 15.3. The fourth-order valence-electron chi connectivity index (χ4n) is 2.68. The lowest BCUT2D eigenvalue weighted by atomic mass is 9.98. The normalized spacial score (nSPS) is 18.5. The average molecular weight is 391 g/mol. The van der Waals surface area contributed by atoms with E-state index in [9.17, 15) is 0 Å². The quantitative estimate of drug-likeness (QED) is 0.772. The second-order valence-electron chi connectivity index (χ2n) is 4.98. The van der Waals surface area contributed by atoms with Crippen LogP contribution in [-0.2, 0) is 0 Å². The van der Waals surface area contributed by atoms with Crippen molar-refractivity contribution in [1.82, 2.24) is 10.2 Å². The fourth-order valence-corrected chi connectivity index (χ4v) is 3.94. The van der Waals surface area contributed by atoms with E-state index in [0.29, 0.717) is 6.04 Å². The number of halogens is 2. The summed E-state index contributed by atoms with van der Waals surface area (Å²) in [5.74, 6) is 0. The lowest BCUT2D eigenvalue weighted by Gasteiger charge is -2.36. The lowest BCUT2D eigenvalue weighted by molar-refractivity contribution is 0.165. The van der Waals surface area contributed by atoms with Gasteiger partial charge in [0.05, 0.1) is 5.69 Å². The molecule has 1 aliphatic rings. The van der Waals surface area contributed by atoms with E-state index in [4.69, 9.17) is 5.73 Å². The zero-order valence-electron chi connectivity index (χ0n) is 11.3. The third-order valence-electron chi connectivity index (χ3n) is 3.64. The first-order valence-electron chi connectivity index (χ1n) is 6.82. The molecule has 0 aromatic heterocycles. The summed E-state index contributed by atoms with van der Waals surface area (Å²) in [5.41, 5.74) is 8.40. The van der Waals surface area contributed by atoms with Crippen molar-refractivity contribution >= 4 is 37.5 Å². The predicted molar refractivity (Wildman–Crippen MR) is 88.3 cm³/mol. The summed E-state index contributed by atoms with van der Waals surface area (Å²) in [6.45, 7) is 6.55. The Labute approximate surface area is 132 Å². The molecule has 1 heterocycles. The Balaban J connectivity index is 2.32. The van der Waals surface area contributed by atoms with Gasteiger partial charge in [-0.2, -0.15) is 0 Å². The molecule has 0 amide bonds. The molecule has 1 aromatic carbocycles. The molecule has 5 heteroatoms. The van der Waals surface area contributed by atoms with Crippen molar-refractivity contribution in [2.75, 3.05) is 31.9 Å². The molecule has 0 unspecified atom stereocenters. The van der Waals surface area contributed by atoms with Gasteiger partial charge in [-0.1, -0.05) is 29.3 Å². The van der Waals surface area contributed by atoms with Crippen molar-refractivity contribution in [3.63, 3.8) is 0 Å². The van der Waals surface area contributed by atoms with Crippen LogP contribution in [0.15, 0.2) is 21.1 Å². The Bertz CT molecular complexity index is 431. The number of rotatable bonds is 4. The van der Waals surface area contributed by atoms with Crippen LogP contribution in [0.4, 0.5) is 5.69 Å². The smallest absolute Gasteiger partial charge is 0.0507 e. The summed E-state index contributed by atoms with van der Waals surface area (Å²) >= 11 is 7.13. The van der Waals surface area contributed by atoms with Gasteiger partial charge < -0.3 is 11.1 Å². The van der Waals surface area contributed by atoms with Crippen LogP contribution in [0.25, 0.3) is 0 Å². The van der Waals surface area contributed by atoms with E-state index in [1.54, 1.807) is 0 Å². The molecule has 106 valence electrons. The monoisotopic (exact) mass is 389 g/mol. The number of hydrogen-bond donors (Lipinski definition) is 2. The van der Waals surface area contributed by atoms with Gasteiger partial charge in [0.25, 0.3) is 0 Å². The molecular weight excluding hydrogens is 370 g/mol. The highest BCUT2D eigenvalue weighted by Gasteiger charge is 2.24. The molecule has 1 atom stereocenters. The standard InChI is InChI=1S/C14H21Br2N3/c1-2-3-13(19-6-4-18-5-7-19)11-8-10(15)9-12(16)14(11)17/h8-9,13,18H,2-7,17H2,1H3/t13-/m0/s1. The number of piperazine rings is 1. The van der Waals surface area contributed by atoms with Gasteiger partial charge in [0.2, 0.25) is 0 Å². The van der Waals surface area contributed by atoms with E-state index in [1.165, 1.54) is 5.56 Å². The van der Waals surface area contributed by atoms with E-state index in [2.05, 4.69) is 55.1 Å². The fraction of sp³-hybridized carbons (Fsp3) is 0.571. The topological polar surface area (TPSA) is 41.3 Å².